The standard InChI is InChI=1S/C17H16BrNO2/c18-14-9-3-4-10-15(14)19-17(16(20)21)11-5-7-12-6-1-2-8-13(12)17/h1-4,6,8-10,19H,5,7,11H2,(H,20,21). The molecule has 0 heterocycles. The highest BCUT2D eigenvalue weighted by Gasteiger charge is 2.43. The first-order valence-corrected chi connectivity index (χ1v) is 7.77. The van der Waals surface area contributed by atoms with E-state index in [9.17, 15) is 9.90 Å². The molecule has 4 heteroatoms. The zero-order valence-electron chi connectivity index (χ0n) is 11.5. The van der Waals surface area contributed by atoms with E-state index in [1.54, 1.807) is 0 Å². The molecule has 0 fully saturated rings. The van der Waals surface area contributed by atoms with Crippen LogP contribution in [0.1, 0.15) is 24.0 Å². The number of para-hydroxylation sites is 1. The van der Waals surface area contributed by atoms with Gasteiger partial charge in [0.15, 0.2) is 5.54 Å². The number of carbonyl (C=O) groups is 1. The molecule has 0 radical (unpaired) electrons. The molecule has 1 aliphatic rings. The van der Waals surface area contributed by atoms with Crippen molar-refractivity contribution in [2.45, 2.75) is 24.8 Å². The Morgan fingerprint density at radius 2 is 1.86 bits per heavy atom. The Kier molecular flexibility index (Phi) is 3.72. The largest absolute Gasteiger partial charge is 0.479 e. The minimum atomic E-state index is -1.06. The summed E-state index contributed by atoms with van der Waals surface area (Å²) in [5.74, 6) is -0.828. The summed E-state index contributed by atoms with van der Waals surface area (Å²) >= 11 is 3.48. The van der Waals surface area contributed by atoms with E-state index in [1.807, 2.05) is 48.5 Å². The molecule has 0 saturated heterocycles. The Morgan fingerprint density at radius 3 is 2.62 bits per heavy atom. The molecule has 0 spiro atoms. The second-order valence-electron chi connectivity index (χ2n) is 5.33. The molecular formula is C17H16BrNO2. The zero-order valence-corrected chi connectivity index (χ0v) is 13.1. The summed E-state index contributed by atoms with van der Waals surface area (Å²) in [7, 11) is 0. The third-order valence-electron chi connectivity index (χ3n) is 4.06. The maximum Gasteiger partial charge on any atom is 0.334 e. The molecule has 0 saturated carbocycles. The lowest BCUT2D eigenvalue weighted by molar-refractivity contribution is -0.143. The van der Waals surface area contributed by atoms with Crippen LogP contribution < -0.4 is 5.32 Å². The van der Waals surface area contributed by atoms with Crippen LogP contribution in [0.25, 0.3) is 0 Å². The molecule has 0 bridgehead atoms. The molecule has 0 aromatic heterocycles. The van der Waals surface area contributed by atoms with Crippen molar-refractivity contribution in [1.29, 1.82) is 0 Å². The summed E-state index contributed by atoms with van der Waals surface area (Å²) in [6.45, 7) is 0. The van der Waals surface area contributed by atoms with Gasteiger partial charge in [-0.15, -0.1) is 0 Å². The van der Waals surface area contributed by atoms with E-state index in [2.05, 4.69) is 21.2 Å². The van der Waals surface area contributed by atoms with Crippen LogP contribution in [-0.2, 0) is 16.8 Å². The topological polar surface area (TPSA) is 49.3 Å². The molecule has 2 N–H and O–H groups in total. The summed E-state index contributed by atoms with van der Waals surface area (Å²) in [6, 6.07) is 15.4. The molecule has 21 heavy (non-hydrogen) atoms. The van der Waals surface area contributed by atoms with Crippen molar-refractivity contribution in [2.75, 3.05) is 5.32 Å². The SMILES string of the molecule is O=C(O)C1(Nc2ccccc2Br)CCCc2ccccc21. The van der Waals surface area contributed by atoms with Crippen molar-refractivity contribution < 1.29 is 9.90 Å². The summed E-state index contributed by atoms with van der Waals surface area (Å²) < 4.78 is 0.869. The number of fused-ring (bicyclic) bond motifs is 1. The van der Waals surface area contributed by atoms with Crippen molar-refractivity contribution in [3.05, 3.63) is 64.1 Å². The molecule has 3 nitrogen and oxygen atoms in total. The first-order valence-electron chi connectivity index (χ1n) is 6.98. The minimum Gasteiger partial charge on any atom is -0.479 e. The van der Waals surface area contributed by atoms with Crippen LogP contribution in [0.2, 0.25) is 0 Å². The predicted octanol–water partition coefficient (Wildman–Crippen LogP) is 4.18. The Labute approximate surface area is 132 Å². The van der Waals surface area contributed by atoms with Gasteiger partial charge in [0.2, 0.25) is 0 Å². The molecule has 2 aromatic carbocycles. The number of carboxylic acid groups (broad SMARTS) is 1. The normalized spacial score (nSPS) is 20.6. The van der Waals surface area contributed by atoms with Gasteiger partial charge in [-0.1, -0.05) is 36.4 Å². The average molecular weight is 346 g/mol. The summed E-state index contributed by atoms with van der Waals surface area (Å²) in [5.41, 5.74) is 1.74. The van der Waals surface area contributed by atoms with Gasteiger partial charge in [0.05, 0.1) is 0 Å². The molecule has 1 unspecified atom stereocenters. The second-order valence-corrected chi connectivity index (χ2v) is 6.18. The van der Waals surface area contributed by atoms with E-state index in [-0.39, 0.29) is 0 Å². The number of aryl methyl sites for hydroxylation is 1. The minimum absolute atomic E-state index is 0.584. The van der Waals surface area contributed by atoms with Crippen LogP contribution in [0.15, 0.2) is 53.0 Å². The lowest BCUT2D eigenvalue weighted by Gasteiger charge is -2.37. The van der Waals surface area contributed by atoms with Crippen LogP contribution in [0.4, 0.5) is 5.69 Å². The van der Waals surface area contributed by atoms with Crippen LogP contribution in [0.5, 0.6) is 0 Å². The van der Waals surface area contributed by atoms with E-state index in [0.29, 0.717) is 6.42 Å². The fourth-order valence-corrected chi connectivity index (χ4v) is 3.42. The molecular weight excluding hydrogens is 330 g/mol. The highest BCUT2D eigenvalue weighted by Crippen LogP contribution is 2.39. The maximum absolute atomic E-state index is 12.1. The molecule has 1 atom stereocenters. The molecule has 1 aliphatic carbocycles. The van der Waals surface area contributed by atoms with E-state index >= 15 is 0 Å². The molecule has 2 aromatic rings. The third kappa shape index (κ3) is 2.44. The number of anilines is 1. The van der Waals surface area contributed by atoms with E-state index < -0.39 is 11.5 Å². The van der Waals surface area contributed by atoms with Gasteiger partial charge in [-0.05, 0) is 58.5 Å². The van der Waals surface area contributed by atoms with Crippen LogP contribution in [0, 0.1) is 0 Å². The van der Waals surface area contributed by atoms with Gasteiger partial charge in [-0.2, -0.15) is 0 Å². The van der Waals surface area contributed by atoms with E-state index in [4.69, 9.17) is 0 Å². The highest BCUT2D eigenvalue weighted by molar-refractivity contribution is 9.10. The number of carboxylic acids is 1. The number of hydrogen-bond acceptors (Lipinski definition) is 2. The monoisotopic (exact) mass is 345 g/mol. The van der Waals surface area contributed by atoms with Gasteiger partial charge in [0.1, 0.15) is 0 Å². The smallest absolute Gasteiger partial charge is 0.334 e. The van der Waals surface area contributed by atoms with Gasteiger partial charge >= 0.3 is 5.97 Å². The van der Waals surface area contributed by atoms with Crippen molar-refractivity contribution in [3.63, 3.8) is 0 Å². The van der Waals surface area contributed by atoms with Gasteiger partial charge in [-0.25, -0.2) is 4.79 Å². The van der Waals surface area contributed by atoms with Gasteiger partial charge in [0, 0.05) is 10.2 Å². The summed E-state index contributed by atoms with van der Waals surface area (Å²) in [4.78, 5) is 12.1. The van der Waals surface area contributed by atoms with Crippen LogP contribution in [-0.4, -0.2) is 11.1 Å². The van der Waals surface area contributed by atoms with Crippen molar-refractivity contribution in [1.82, 2.24) is 0 Å². The molecule has 0 aliphatic heterocycles. The Hall–Kier alpha value is -1.81. The third-order valence-corrected chi connectivity index (χ3v) is 4.75. The lowest BCUT2D eigenvalue weighted by atomic mass is 9.76. The fraction of sp³-hybridized carbons (Fsp3) is 0.235. The Bertz CT molecular complexity index is 686. The van der Waals surface area contributed by atoms with E-state index in [0.717, 1.165) is 34.1 Å². The summed E-state index contributed by atoms with van der Waals surface area (Å²) in [6.07, 6.45) is 2.38. The van der Waals surface area contributed by atoms with Crippen molar-refractivity contribution in [3.8, 4) is 0 Å². The van der Waals surface area contributed by atoms with Crippen LogP contribution in [0.3, 0.4) is 0 Å². The number of benzene rings is 2. The average Bonchev–Trinajstić information content (AvgIpc) is 2.49. The van der Waals surface area contributed by atoms with E-state index in [1.165, 1.54) is 0 Å². The number of nitrogens with one attached hydrogen (secondary N) is 1. The Balaban J connectivity index is 2.11. The first-order chi connectivity index (χ1) is 10.1. The quantitative estimate of drug-likeness (QED) is 0.877. The lowest BCUT2D eigenvalue weighted by Crippen LogP contribution is -2.46. The first kappa shape index (κ1) is 14.1. The van der Waals surface area contributed by atoms with Gasteiger partial charge < -0.3 is 10.4 Å². The van der Waals surface area contributed by atoms with Crippen molar-refractivity contribution >= 4 is 27.6 Å². The second kappa shape index (κ2) is 5.53. The predicted molar refractivity (Wildman–Crippen MR) is 86.5 cm³/mol. The molecule has 0 amide bonds. The van der Waals surface area contributed by atoms with Crippen LogP contribution >= 0.6 is 15.9 Å². The highest BCUT2D eigenvalue weighted by atomic mass is 79.9. The fourth-order valence-electron chi connectivity index (χ4n) is 3.03. The van der Waals surface area contributed by atoms with Gasteiger partial charge in [0.25, 0.3) is 0 Å². The number of rotatable bonds is 3. The van der Waals surface area contributed by atoms with Gasteiger partial charge in [-0.3, -0.25) is 0 Å². The number of aliphatic carboxylic acids is 1. The maximum atomic E-state index is 12.1. The number of hydrogen-bond donors (Lipinski definition) is 2. The molecule has 108 valence electrons. The molecule has 3 rings (SSSR count). The zero-order chi connectivity index (χ0) is 14.9. The Morgan fingerprint density at radius 1 is 1.14 bits per heavy atom. The summed E-state index contributed by atoms with van der Waals surface area (Å²) in [5, 5.41) is 13.2. The van der Waals surface area contributed by atoms with Crippen molar-refractivity contribution in [2.24, 2.45) is 0 Å². The number of halogens is 1.